The van der Waals surface area contributed by atoms with Gasteiger partial charge in [-0.15, -0.1) is 0 Å². The molecule has 1 unspecified atom stereocenters. The monoisotopic (exact) mass is 365 g/mol. The maximum atomic E-state index is 11.0. The summed E-state index contributed by atoms with van der Waals surface area (Å²) in [5, 5.41) is 22.3. The van der Waals surface area contributed by atoms with Crippen molar-refractivity contribution in [3.8, 4) is 5.75 Å². The van der Waals surface area contributed by atoms with E-state index in [1.807, 2.05) is 42.5 Å². The normalized spacial score (nSPS) is 17.7. The number of methoxy groups -OCH3 is 1. The summed E-state index contributed by atoms with van der Waals surface area (Å²) in [6.45, 7) is 1.26. The summed E-state index contributed by atoms with van der Waals surface area (Å²) in [4.78, 5) is 4.31. The Hall–Kier alpha value is -2.47. The van der Waals surface area contributed by atoms with Crippen LogP contribution in [0.2, 0.25) is 0 Å². The second kappa shape index (κ2) is 7.27. The Morgan fingerprint density at radius 3 is 2.70 bits per heavy atom. The highest BCUT2D eigenvalue weighted by atomic mass is 16.5. The van der Waals surface area contributed by atoms with E-state index >= 15 is 0 Å². The van der Waals surface area contributed by atoms with Crippen molar-refractivity contribution in [2.45, 2.75) is 24.5 Å². The second-order valence-electron chi connectivity index (χ2n) is 6.94. The van der Waals surface area contributed by atoms with Crippen LogP contribution in [0.4, 0.5) is 0 Å². The molecule has 140 valence electrons. The van der Waals surface area contributed by atoms with Crippen molar-refractivity contribution in [3.05, 3.63) is 71.4 Å². The van der Waals surface area contributed by atoms with Crippen molar-refractivity contribution in [3.63, 3.8) is 0 Å². The Morgan fingerprint density at radius 2 is 1.93 bits per heavy atom. The molecular weight excluding hydrogens is 342 g/mol. The number of nitrogens with zero attached hydrogens (tertiary/aromatic N) is 1. The zero-order valence-corrected chi connectivity index (χ0v) is 15.3. The van der Waals surface area contributed by atoms with Gasteiger partial charge in [0.15, 0.2) is 0 Å². The SMILES string of the molecule is COC1(c2ccc(O)c(C(O)c3ccc4ncccc4c3)c2)CCOCC1. The van der Waals surface area contributed by atoms with Gasteiger partial charge in [-0.1, -0.05) is 18.2 Å². The number of aromatic hydroxyl groups is 1. The lowest BCUT2D eigenvalue weighted by Gasteiger charge is -2.36. The van der Waals surface area contributed by atoms with Gasteiger partial charge < -0.3 is 19.7 Å². The largest absolute Gasteiger partial charge is 0.508 e. The molecule has 1 atom stereocenters. The van der Waals surface area contributed by atoms with Gasteiger partial charge in [-0.25, -0.2) is 0 Å². The molecule has 0 radical (unpaired) electrons. The molecule has 2 aromatic carbocycles. The maximum Gasteiger partial charge on any atom is 0.121 e. The van der Waals surface area contributed by atoms with Crippen LogP contribution in [0.3, 0.4) is 0 Å². The summed E-state index contributed by atoms with van der Waals surface area (Å²) in [5.74, 6) is 0.0656. The van der Waals surface area contributed by atoms with Crippen LogP contribution in [0.15, 0.2) is 54.7 Å². The topological polar surface area (TPSA) is 71.8 Å². The van der Waals surface area contributed by atoms with Crippen LogP contribution in [0.5, 0.6) is 5.75 Å². The molecule has 1 saturated heterocycles. The van der Waals surface area contributed by atoms with Gasteiger partial charge in [0.25, 0.3) is 0 Å². The third-order valence-electron chi connectivity index (χ3n) is 5.48. The summed E-state index contributed by atoms with van der Waals surface area (Å²) in [6.07, 6.45) is 2.28. The highest BCUT2D eigenvalue weighted by Gasteiger charge is 2.35. The van der Waals surface area contributed by atoms with E-state index in [1.54, 1.807) is 19.4 Å². The van der Waals surface area contributed by atoms with E-state index in [-0.39, 0.29) is 5.75 Å². The van der Waals surface area contributed by atoms with Gasteiger partial charge in [0.1, 0.15) is 11.9 Å². The smallest absolute Gasteiger partial charge is 0.121 e. The molecule has 3 aromatic rings. The molecule has 0 bridgehead atoms. The standard InChI is InChI=1S/C22H23NO4/c1-26-22(8-11-27-12-9-22)17-5-7-20(24)18(14-17)21(25)16-4-6-19-15(13-16)3-2-10-23-19/h2-7,10,13-14,21,24-25H,8-9,11-12H2,1H3. The molecule has 1 aliphatic heterocycles. The molecule has 1 aromatic heterocycles. The summed E-state index contributed by atoms with van der Waals surface area (Å²) in [5.41, 5.74) is 2.54. The Bertz CT molecular complexity index is 950. The number of hydrogen-bond acceptors (Lipinski definition) is 5. The molecule has 0 aliphatic carbocycles. The first kappa shape index (κ1) is 17.9. The van der Waals surface area contributed by atoms with Gasteiger partial charge in [0.05, 0.1) is 11.1 Å². The van der Waals surface area contributed by atoms with Crippen molar-refractivity contribution >= 4 is 10.9 Å². The van der Waals surface area contributed by atoms with Crippen LogP contribution in [0.1, 0.15) is 35.6 Å². The molecule has 5 heteroatoms. The molecule has 27 heavy (non-hydrogen) atoms. The lowest BCUT2D eigenvalue weighted by Crippen LogP contribution is -2.35. The fourth-order valence-corrected chi connectivity index (χ4v) is 3.81. The number of pyridine rings is 1. The molecule has 2 heterocycles. The first-order valence-electron chi connectivity index (χ1n) is 9.12. The average Bonchev–Trinajstić information content (AvgIpc) is 2.73. The van der Waals surface area contributed by atoms with E-state index in [1.165, 1.54) is 0 Å². The molecule has 1 aliphatic rings. The van der Waals surface area contributed by atoms with E-state index in [0.717, 1.165) is 29.3 Å². The summed E-state index contributed by atoms with van der Waals surface area (Å²) < 4.78 is 11.3. The fraction of sp³-hybridized carbons (Fsp3) is 0.318. The summed E-state index contributed by atoms with van der Waals surface area (Å²) in [7, 11) is 1.70. The molecule has 0 saturated carbocycles. The van der Waals surface area contributed by atoms with E-state index < -0.39 is 11.7 Å². The lowest BCUT2D eigenvalue weighted by molar-refractivity contribution is -0.0948. The fourth-order valence-electron chi connectivity index (χ4n) is 3.81. The number of hydrogen-bond donors (Lipinski definition) is 2. The van der Waals surface area contributed by atoms with Gasteiger partial charge in [0, 0.05) is 50.3 Å². The van der Waals surface area contributed by atoms with Crippen LogP contribution >= 0.6 is 0 Å². The van der Waals surface area contributed by atoms with Crippen LogP contribution in [-0.4, -0.2) is 35.5 Å². The van der Waals surface area contributed by atoms with Crippen molar-refractivity contribution in [1.29, 1.82) is 0 Å². The van der Waals surface area contributed by atoms with Crippen LogP contribution < -0.4 is 0 Å². The molecular formula is C22H23NO4. The summed E-state index contributed by atoms with van der Waals surface area (Å²) in [6, 6.07) is 14.8. The van der Waals surface area contributed by atoms with Crippen molar-refractivity contribution in [1.82, 2.24) is 4.98 Å². The Labute approximate surface area is 158 Å². The van der Waals surface area contributed by atoms with E-state index in [4.69, 9.17) is 9.47 Å². The molecule has 1 fully saturated rings. The van der Waals surface area contributed by atoms with Crippen LogP contribution in [0.25, 0.3) is 10.9 Å². The highest BCUT2D eigenvalue weighted by Crippen LogP contribution is 2.39. The van der Waals surface area contributed by atoms with E-state index in [9.17, 15) is 10.2 Å². The minimum atomic E-state index is -0.941. The number of ether oxygens (including phenoxy) is 2. The number of rotatable bonds is 4. The maximum absolute atomic E-state index is 11.0. The number of aliphatic hydroxyl groups excluding tert-OH is 1. The number of aromatic nitrogens is 1. The quantitative estimate of drug-likeness (QED) is 0.738. The molecule has 0 spiro atoms. The predicted octanol–water partition coefficient (Wildman–Crippen LogP) is 3.67. The molecule has 4 rings (SSSR count). The van der Waals surface area contributed by atoms with Gasteiger partial charge in [0.2, 0.25) is 0 Å². The van der Waals surface area contributed by atoms with Crippen molar-refractivity contribution in [2.24, 2.45) is 0 Å². The molecule has 2 N–H and O–H groups in total. The van der Waals surface area contributed by atoms with E-state index in [2.05, 4.69) is 4.98 Å². The number of fused-ring (bicyclic) bond motifs is 1. The highest BCUT2D eigenvalue weighted by molar-refractivity contribution is 5.79. The van der Waals surface area contributed by atoms with Gasteiger partial charge in [-0.05, 0) is 41.5 Å². The minimum absolute atomic E-state index is 0.0656. The predicted molar refractivity (Wildman–Crippen MR) is 103 cm³/mol. The van der Waals surface area contributed by atoms with Gasteiger partial charge in [-0.3, -0.25) is 4.98 Å². The van der Waals surface area contributed by atoms with E-state index in [0.29, 0.717) is 24.3 Å². The Balaban J connectivity index is 1.73. The zero-order chi connectivity index (χ0) is 18.9. The first-order chi connectivity index (χ1) is 13.1. The molecule has 0 amide bonds. The number of phenolic OH excluding ortho intramolecular Hbond substituents is 1. The van der Waals surface area contributed by atoms with Crippen LogP contribution in [0, 0.1) is 0 Å². The first-order valence-corrected chi connectivity index (χ1v) is 9.12. The average molecular weight is 365 g/mol. The Morgan fingerprint density at radius 1 is 1.11 bits per heavy atom. The number of benzene rings is 2. The minimum Gasteiger partial charge on any atom is -0.508 e. The second-order valence-corrected chi connectivity index (χ2v) is 6.94. The third-order valence-corrected chi connectivity index (χ3v) is 5.48. The third kappa shape index (κ3) is 3.30. The number of phenols is 1. The Kier molecular flexibility index (Phi) is 4.83. The van der Waals surface area contributed by atoms with Crippen molar-refractivity contribution in [2.75, 3.05) is 20.3 Å². The zero-order valence-electron chi connectivity index (χ0n) is 15.3. The molecule has 5 nitrogen and oxygen atoms in total. The van der Waals surface area contributed by atoms with Crippen molar-refractivity contribution < 1.29 is 19.7 Å². The lowest BCUT2D eigenvalue weighted by atomic mass is 9.84. The van der Waals surface area contributed by atoms with Gasteiger partial charge in [-0.2, -0.15) is 0 Å². The van der Waals surface area contributed by atoms with Crippen LogP contribution in [-0.2, 0) is 15.1 Å². The summed E-state index contributed by atoms with van der Waals surface area (Å²) >= 11 is 0. The number of aliphatic hydroxyl groups is 1. The van der Waals surface area contributed by atoms with Gasteiger partial charge >= 0.3 is 0 Å².